The van der Waals surface area contributed by atoms with Crippen LogP contribution in [0.1, 0.15) is 21.9 Å². The smallest absolute Gasteiger partial charge is 0.339 e. The second-order valence-corrected chi connectivity index (χ2v) is 5.24. The van der Waals surface area contributed by atoms with Crippen LogP contribution in [-0.4, -0.2) is 15.3 Å². The number of rotatable bonds is 4. The second-order valence-electron chi connectivity index (χ2n) is 3.79. The minimum Gasteiger partial charge on any atom is -0.478 e. The number of carboxylic acids is 1. The van der Waals surface area contributed by atoms with Gasteiger partial charge < -0.3 is 9.52 Å². The highest BCUT2D eigenvalue weighted by molar-refractivity contribution is 7.84. The Bertz CT molecular complexity index is 586. The van der Waals surface area contributed by atoms with Crippen molar-refractivity contribution in [1.82, 2.24) is 0 Å². The molecule has 4 nitrogen and oxygen atoms in total. The van der Waals surface area contributed by atoms with E-state index in [2.05, 4.69) is 0 Å². The molecule has 0 spiro atoms. The molecular weight excluding hydrogens is 252 g/mol. The third-order valence-electron chi connectivity index (χ3n) is 2.48. The Morgan fingerprint density at radius 3 is 2.56 bits per heavy atom. The maximum atomic E-state index is 12.0. The monoisotopic (exact) mass is 264 g/mol. The highest BCUT2D eigenvalue weighted by Gasteiger charge is 2.15. The third-order valence-corrected chi connectivity index (χ3v) is 3.82. The van der Waals surface area contributed by atoms with Crippen LogP contribution in [0.5, 0.6) is 0 Å². The number of aryl methyl sites for hydroxylation is 1. The average Bonchev–Trinajstić information content (AvgIpc) is 2.71. The lowest BCUT2D eigenvalue weighted by Gasteiger charge is -1.98. The Morgan fingerprint density at radius 1 is 1.33 bits per heavy atom. The van der Waals surface area contributed by atoms with E-state index in [0.29, 0.717) is 16.4 Å². The summed E-state index contributed by atoms with van der Waals surface area (Å²) < 4.78 is 17.3. The van der Waals surface area contributed by atoms with Crippen LogP contribution in [0.2, 0.25) is 0 Å². The summed E-state index contributed by atoms with van der Waals surface area (Å²) in [7, 11) is -1.23. The van der Waals surface area contributed by atoms with Crippen molar-refractivity contribution in [3.8, 4) is 0 Å². The number of furan rings is 1. The van der Waals surface area contributed by atoms with Crippen LogP contribution in [0, 0.1) is 6.92 Å². The summed E-state index contributed by atoms with van der Waals surface area (Å²) in [5.74, 6) is -0.0966. The SMILES string of the molecule is Cc1oc(CS(=O)c2ccccc2)cc1C(=O)O. The highest BCUT2D eigenvalue weighted by Crippen LogP contribution is 2.18. The molecule has 1 aromatic heterocycles. The number of benzene rings is 1. The van der Waals surface area contributed by atoms with Gasteiger partial charge in [0.15, 0.2) is 0 Å². The molecule has 2 rings (SSSR count). The minimum absolute atomic E-state index is 0.120. The van der Waals surface area contributed by atoms with Gasteiger partial charge >= 0.3 is 5.97 Å². The lowest BCUT2D eigenvalue weighted by molar-refractivity contribution is 0.0695. The second kappa shape index (κ2) is 5.18. The zero-order chi connectivity index (χ0) is 13.1. The summed E-state index contributed by atoms with van der Waals surface area (Å²) in [5.41, 5.74) is 0.120. The first-order valence-corrected chi connectivity index (χ1v) is 6.66. The van der Waals surface area contributed by atoms with Crippen molar-refractivity contribution >= 4 is 16.8 Å². The predicted octanol–water partition coefficient (Wildman–Crippen LogP) is 2.59. The lowest BCUT2D eigenvalue weighted by atomic mass is 10.2. The summed E-state index contributed by atoms with van der Waals surface area (Å²) >= 11 is 0. The molecule has 0 bridgehead atoms. The van der Waals surface area contributed by atoms with Gasteiger partial charge in [0.2, 0.25) is 0 Å². The molecule has 94 valence electrons. The maximum Gasteiger partial charge on any atom is 0.339 e. The molecule has 0 amide bonds. The summed E-state index contributed by atoms with van der Waals surface area (Å²) in [6.45, 7) is 1.58. The van der Waals surface area contributed by atoms with Crippen LogP contribution in [0.4, 0.5) is 0 Å². The van der Waals surface area contributed by atoms with E-state index in [0.717, 1.165) is 0 Å². The van der Waals surface area contributed by atoms with Crippen LogP contribution >= 0.6 is 0 Å². The largest absolute Gasteiger partial charge is 0.478 e. The van der Waals surface area contributed by atoms with Gasteiger partial charge in [0.1, 0.15) is 17.1 Å². The number of carboxylic acid groups (broad SMARTS) is 1. The molecule has 1 N–H and O–H groups in total. The fraction of sp³-hybridized carbons (Fsp3) is 0.154. The molecule has 0 aliphatic carbocycles. The van der Waals surface area contributed by atoms with Crippen molar-refractivity contribution in [3.05, 3.63) is 53.5 Å². The van der Waals surface area contributed by atoms with Gasteiger partial charge in [-0.3, -0.25) is 4.21 Å². The summed E-state index contributed by atoms with van der Waals surface area (Å²) in [6, 6.07) is 10.4. The van der Waals surface area contributed by atoms with Crippen molar-refractivity contribution in [2.45, 2.75) is 17.6 Å². The Labute approximate surface area is 107 Å². The van der Waals surface area contributed by atoms with E-state index >= 15 is 0 Å². The van der Waals surface area contributed by atoms with E-state index in [1.165, 1.54) is 6.07 Å². The van der Waals surface area contributed by atoms with Crippen molar-refractivity contribution in [1.29, 1.82) is 0 Å². The van der Waals surface area contributed by atoms with Crippen LogP contribution in [0.15, 0.2) is 45.7 Å². The minimum atomic E-state index is -1.23. The molecule has 18 heavy (non-hydrogen) atoms. The third kappa shape index (κ3) is 2.68. The molecule has 1 heterocycles. The molecule has 0 fully saturated rings. The van der Waals surface area contributed by atoms with E-state index in [1.54, 1.807) is 19.1 Å². The Morgan fingerprint density at radius 2 is 2.00 bits per heavy atom. The van der Waals surface area contributed by atoms with Gasteiger partial charge in [-0.05, 0) is 25.1 Å². The standard InChI is InChI=1S/C13H12O4S/c1-9-12(13(14)15)7-10(17-9)8-18(16)11-5-3-2-4-6-11/h2-7H,8H2,1H3,(H,14,15). The Balaban J connectivity index is 2.18. The molecule has 5 heteroatoms. The molecule has 0 radical (unpaired) electrons. The number of aromatic carboxylic acids is 1. The Hall–Kier alpha value is -1.88. The fourth-order valence-corrected chi connectivity index (χ4v) is 2.64. The van der Waals surface area contributed by atoms with Gasteiger partial charge in [0, 0.05) is 4.90 Å². The maximum absolute atomic E-state index is 12.0. The topological polar surface area (TPSA) is 67.5 Å². The zero-order valence-electron chi connectivity index (χ0n) is 9.75. The van der Waals surface area contributed by atoms with Crippen molar-refractivity contribution in [3.63, 3.8) is 0 Å². The number of hydrogen-bond acceptors (Lipinski definition) is 3. The molecule has 2 aromatic rings. The number of carbonyl (C=O) groups is 1. The molecule has 0 saturated heterocycles. The first-order valence-electron chi connectivity index (χ1n) is 5.34. The number of hydrogen-bond donors (Lipinski definition) is 1. The van der Waals surface area contributed by atoms with Crippen molar-refractivity contribution < 1.29 is 18.5 Å². The molecule has 1 atom stereocenters. The quantitative estimate of drug-likeness (QED) is 0.921. The average molecular weight is 264 g/mol. The van der Waals surface area contributed by atoms with Gasteiger partial charge in [0.05, 0.1) is 16.6 Å². The van der Waals surface area contributed by atoms with Crippen molar-refractivity contribution in [2.75, 3.05) is 0 Å². The Kier molecular flexibility index (Phi) is 3.62. The predicted molar refractivity (Wildman–Crippen MR) is 67.0 cm³/mol. The first-order chi connectivity index (χ1) is 8.58. The van der Waals surface area contributed by atoms with Gasteiger partial charge in [-0.1, -0.05) is 18.2 Å². The highest BCUT2D eigenvalue weighted by atomic mass is 32.2. The van der Waals surface area contributed by atoms with E-state index < -0.39 is 16.8 Å². The first kappa shape index (κ1) is 12.6. The van der Waals surface area contributed by atoms with E-state index in [4.69, 9.17) is 9.52 Å². The van der Waals surface area contributed by atoms with Crippen LogP contribution in [0.3, 0.4) is 0 Å². The van der Waals surface area contributed by atoms with Crippen molar-refractivity contribution in [2.24, 2.45) is 0 Å². The lowest BCUT2D eigenvalue weighted by Crippen LogP contribution is -1.96. The summed E-state index contributed by atoms with van der Waals surface area (Å²) in [4.78, 5) is 11.6. The van der Waals surface area contributed by atoms with Gasteiger partial charge in [-0.25, -0.2) is 4.79 Å². The fourth-order valence-electron chi connectivity index (χ4n) is 1.61. The van der Waals surface area contributed by atoms with E-state index in [9.17, 15) is 9.00 Å². The summed E-state index contributed by atoms with van der Waals surface area (Å²) in [6.07, 6.45) is 0. The molecule has 0 saturated carbocycles. The molecule has 1 unspecified atom stereocenters. The van der Waals surface area contributed by atoms with E-state index in [-0.39, 0.29) is 11.3 Å². The summed E-state index contributed by atoms with van der Waals surface area (Å²) in [5, 5.41) is 8.89. The van der Waals surface area contributed by atoms with Crippen LogP contribution < -0.4 is 0 Å². The molecule has 0 aliphatic heterocycles. The molecular formula is C13H12O4S. The van der Waals surface area contributed by atoms with Gasteiger partial charge in [0.25, 0.3) is 0 Å². The normalized spacial score (nSPS) is 12.3. The zero-order valence-corrected chi connectivity index (χ0v) is 10.6. The van der Waals surface area contributed by atoms with Crippen LogP contribution in [-0.2, 0) is 16.6 Å². The van der Waals surface area contributed by atoms with Gasteiger partial charge in [-0.15, -0.1) is 0 Å². The van der Waals surface area contributed by atoms with E-state index in [1.807, 2.05) is 18.2 Å². The van der Waals surface area contributed by atoms with Gasteiger partial charge in [-0.2, -0.15) is 0 Å². The molecule has 0 aliphatic rings. The molecule has 1 aromatic carbocycles. The van der Waals surface area contributed by atoms with Crippen LogP contribution in [0.25, 0.3) is 0 Å².